The van der Waals surface area contributed by atoms with E-state index in [-0.39, 0.29) is 0 Å². The van der Waals surface area contributed by atoms with Crippen LogP contribution in [0, 0.1) is 5.92 Å². The minimum Gasteiger partial charge on any atom is -0.393 e. The zero-order chi connectivity index (χ0) is 13.4. The summed E-state index contributed by atoms with van der Waals surface area (Å²) in [5.74, 6) is 0.897. The number of carbonyl (C=O) groups excluding carboxylic acids is 1. The molecule has 4 heteroatoms. The second-order valence-corrected chi connectivity index (χ2v) is 4.21. The van der Waals surface area contributed by atoms with Crippen molar-refractivity contribution in [2.45, 2.75) is 20.3 Å². The van der Waals surface area contributed by atoms with E-state index in [1.165, 1.54) is 0 Å². The van der Waals surface area contributed by atoms with Crippen LogP contribution in [0.2, 0.25) is 0 Å². The van der Waals surface area contributed by atoms with Gasteiger partial charge in [-0.2, -0.15) is 4.89 Å². The number of hydrogen-bond donors (Lipinski definition) is 0. The van der Waals surface area contributed by atoms with Gasteiger partial charge in [-0.1, -0.05) is 38.6 Å². The third-order valence-electron chi connectivity index (χ3n) is 2.22. The molecule has 0 N–H and O–H groups in total. The van der Waals surface area contributed by atoms with Gasteiger partial charge in [0.15, 0.2) is 0 Å². The van der Waals surface area contributed by atoms with Crippen molar-refractivity contribution in [1.29, 1.82) is 0 Å². The number of benzene rings is 1. The van der Waals surface area contributed by atoms with E-state index in [2.05, 4.69) is 25.3 Å². The summed E-state index contributed by atoms with van der Waals surface area (Å²) in [4.78, 5) is 20.4. The molecule has 0 heterocycles. The average Bonchev–Trinajstić information content (AvgIpc) is 2.35. The maximum Gasteiger partial charge on any atom is 0.546 e. The molecule has 0 atom stereocenters. The molecule has 0 aliphatic carbocycles. The van der Waals surface area contributed by atoms with Crippen LogP contribution in [-0.4, -0.2) is 12.8 Å². The normalized spacial score (nSPS) is 10.2. The first kappa shape index (κ1) is 14.3. The topological polar surface area (TPSA) is 44.8 Å². The molecule has 1 aromatic rings. The Labute approximate surface area is 107 Å². The van der Waals surface area contributed by atoms with Crippen LogP contribution < -0.4 is 4.74 Å². The van der Waals surface area contributed by atoms with Gasteiger partial charge in [-0.05, 0) is 30.0 Å². The maximum absolute atomic E-state index is 11.2. The fourth-order valence-electron chi connectivity index (χ4n) is 1.16. The second-order valence-electron chi connectivity index (χ2n) is 4.21. The standard InChI is InChI=1S/C14H18O4/c1-4-12-5-7-13(8-6-12)17-14(15)18-16-10-9-11(2)3/h4-8,11H,1,9-10H2,2-3H3. The van der Waals surface area contributed by atoms with Crippen molar-refractivity contribution in [2.75, 3.05) is 6.61 Å². The predicted molar refractivity (Wildman–Crippen MR) is 69.0 cm³/mol. The molecule has 18 heavy (non-hydrogen) atoms. The zero-order valence-electron chi connectivity index (χ0n) is 10.7. The van der Waals surface area contributed by atoms with Gasteiger partial charge in [-0.15, -0.1) is 0 Å². The second kappa shape index (κ2) is 7.50. The van der Waals surface area contributed by atoms with Gasteiger partial charge in [0.25, 0.3) is 0 Å². The first-order chi connectivity index (χ1) is 8.61. The highest BCUT2D eigenvalue weighted by Crippen LogP contribution is 2.13. The molecule has 0 fully saturated rings. The van der Waals surface area contributed by atoms with E-state index < -0.39 is 6.16 Å². The Balaban J connectivity index is 2.28. The Bertz CT molecular complexity index is 381. The number of ether oxygens (including phenoxy) is 1. The SMILES string of the molecule is C=Cc1ccc(OC(=O)OOCCC(C)C)cc1. The van der Waals surface area contributed by atoms with Gasteiger partial charge < -0.3 is 4.74 Å². The molecule has 0 unspecified atom stereocenters. The van der Waals surface area contributed by atoms with E-state index in [1.807, 2.05) is 0 Å². The van der Waals surface area contributed by atoms with Crippen LogP contribution in [0.5, 0.6) is 5.75 Å². The molecular weight excluding hydrogens is 232 g/mol. The molecule has 98 valence electrons. The monoisotopic (exact) mass is 250 g/mol. The molecule has 0 radical (unpaired) electrons. The van der Waals surface area contributed by atoms with Crippen LogP contribution in [0.25, 0.3) is 6.08 Å². The van der Waals surface area contributed by atoms with Crippen LogP contribution in [0.4, 0.5) is 4.79 Å². The Kier molecular flexibility index (Phi) is 5.94. The lowest BCUT2D eigenvalue weighted by molar-refractivity contribution is -0.250. The largest absolute Gasteiger partial charge is 0.546 e. The minimum atomic E-state index is -0.870. The first-order valence-electron chi connectivity index (χ1n) is 5.85. The molecule has 0 bridgehead atoms. The molecule has 0 aliphatic rings. The van der Waals surface area contributed by atoms with E-state index in [1.54, 1.807) is 30.3 Å². The van der Waals surface area contributed by atoms with Crippen LogP contribution in [0.3, 0.4) is 0 Å². The summed E-state index contributed by atoms with van der Waals surface area (Å²) < 4.78 is 4.90. The summed E-state index contributed by atoms with van der Waals surface area (Å²) in [6.07, 6.45) is 1.66. The summed E-state index contributed by atoms with van der Waals surface area (Å²) in [7, 11) is 0. The van der Waals surface area contributed by atoms with Crippen molar-refractivity contribution in [2.24, 2.45) is 5.92 Å². The summed E-state index contributed by atoms with van der Waals surface area (Å²) in [5, 5.41) is 0. The average molecular weight is 250 g/mol. The fraction of sp³-hybridized carbons (Fsp3) is 0.357. The van der Waals surface area contributed by atoms with E-state index in [4.69, 9.17) is 9.62 Å². The van der Waals surface area contributed by atoms with Crippen molar-refractivity contribution < 1.29 is 19.3 Å². The molecule has 1 aromatic carbocycles. The van der Waals surface area contributed by atoms with E-state index in [0.717, 1.165) is 12.0 Å². The smallest absolute Gasteiger partial charge is 0.393 e. The van der Waals surface area contributed by atoms with Crippen LogP contribution in [0.1, 0.15) is 25.8 Å². The summed E-state index contributed by atoms with van der Waals surface area (Å²) in [6, 6.07) is 6.89. The molecule has 1 rings (SSSR count). The highest BCUT2D eigenvalue weighted by molar-refractivity contribution is 5.63. The summed E-state index contributed by atoms with van der Waals surface area (Å²) in [6.45, 7) is 8.11. The quantitative estimate of drug-likeness (QED) is 0.253. The molecule has 0 spiro atoms. The van der Waals surface area contributed by atoms with Gasteiger partial charge >= 0.3 is 6.16 Å². The minimum absolute atomic E-state index is 0.363. The predicted octanol–water partition coefficient (Wildman–Crippen LogP) is 3.82. The Morgan fingerprint density at radius 2 is 2.00 bits per heavy atom. The third-order valence-corrected chi connectivity index (χ3v) is 2.22. The maximum atomic E-state index is 11.2. The summed E-state index contributed by atoms with van der Waals surface area (Å²) >= 11 is 0. The summed E-state index contributed by atoms with van der Waals surface area (Å²) in [5.41, 5.74) is 0.948. The van der Waals surface area contributed by atoms with Crippen molar-refractivity contribution >= 4 is 12.2 Å². The van der Waals surface area contributed by atoms with E-state index in [0.29, 0.717) is 18.3 Å². The van der Waals surface area contributed by atoms with Crippen LogP contribution >= 0.6 is 0 Å². The Hall–Kier alpha value is -1.81. The molecule has 4 nitrogen and oxygen atoms in total. The number of hydrogen-bond acceptors (Lipinski definition) is 4. The van der Waals surface area contributed by atoms with Crippen molar-refractivity contribution in [3.63, 3.8) is 0 Å². The molecule has 0 aromatic heterocycles. The van der Waals surface area contributed by atoms with Crippen molar-refractivity contribution in [1.82, 2.24) is 0 Å². The Morgan fingerprint density at radius 3 is 2.56 bits per heavy atom. The zero-order valence-corrected chi connectivity index (χ0v) is 10.7. The third kappa shape index (κ3) is 5.50. The number of carbonyl (C=O) groups is 1. The van der Waals surface area contributed by atoms with Crippen LogP contribution in [0.15, 0.2) is 30.8 Å². The molecular formula is C14H18O4. The molecule has 0 saturated carbocycles. The highest BCUT2D eigenvalue weighted by atomic mass is 17.2. The van der Waals surface area contributed by atoms with Crippen LogP contribution in [-0.2, 0) is 9.78 Å². The van der Waals surface area contributed by atoms with Gasteiger partial charge in [0.2, 0.25) is 0 Å². The van der Waals surface area contributed by atoms with E-state index in [9.17, 15) is 4.79 Å². The molecule has 0 saturated heterocycles. The van der Waals surface area contributed by atoms with Gasteiger partial charge in [0.1, 0.15) is 5.75 Å². The fourth-order valence-corrected chi connectivity index (χ4v) is 1.16. The van der Waals surface area contributed by atoms with Gasteiger partial charge in [-0.25, -0.2) is 4.79 Å². The van der Waals surface area contributed by atoms with E-state index >= 15 is 0 Å². The van der Waals surface area contributed by atoms with Crippen molar-refractivity contribution in [3.8, 4) is 5.75 Å². The first-order valence-corrected chi connectivity index (χ1v) is 5.85. The molecule has 0 aliphatic heterocycles. The lowest BCUT2D eigenvalue weighted by Gasteiger charge is -2.06. The van der Waals surface area contributed by atoms with Gasteiger partial charge in [-0.3, -0.25) is 4.89 Å². The Morgan fingerprint density at radius 1 is 1.33 bits per heavy atom. The lowest BCUT2D eigenvalue weighted by atomic mass is 10.1. The molecule has 0 amide bonds. The van der Waals surface area contributed by atoms with Crippen molar-refractivity contribution in [3.05, 3.63) is 36.4 Å². The van der Waals surface area contributed by atoms with Gasteiger partial charge in [0, 0.05) is 0 Å². The number of rotatable bonds is 6. The van der Waals surface area contributed by atoms with Gasteiger partial charge in [0.05, 0.1) is 6.61 Å². The highest BCUT2D eigenvalue weighted by Gasteiger charge is 2.07. The lowest BCUT2D eigenvalue weighted by Crippen LogP contribution is -2.12.